The van der Waals surface area contributed by atoms with Gasteiger partial charge in [0.05, 0.1) is 31.3 Å². The number of carbonyl (C=O) groups excluding carboxylic acids is 1. The lowest BCUT2D eigenvalue weighted by Crippen LogP contribution is -2.37. The molecule has 0 aromatic heterocycles. The van der Waals surface area contributed by atoms with E-state index in [1.165, 1.54) is 26.4 Å². The molecule has 0 spiro atoms. The third-order valence-electron chi connectivity index (χ3n) is 3.73. The van der Waals surface area contributed by atoms with Crippen LogP contribution in [0.1, 0.15) is 6.92 Å². The predicted octanol–water partition coefficient (Wildman–Crippen LogP) is 2.35. The van der Waals surface area contributed by atoms with Crippen LogP contribution < -0.4 is 14.8 Å². The van der Waals surface area contributed by atoms with E-state index >= 15 is 0 Å². The molecule has 0 aliphatic rings. The molecule has 2 rings (SSSR count). The summed E-state index contributed by atoms with van der Waals surface area (Å²) in [5.41, 5.74) is 0.407. The number of likely N-dealkylation sites (N-methyl/N-ethyl adjacent to an activating group) is 1. The topological polar surface area (TPSA) is 84.9 Å². The third-order valence-corrected chi connectivity index (χ3v) is 5.67. The second-order valence-corrected chi connectivity index (χ2v) is 7.30. The Morgan fingerprint density at radius 1 is 1.08 bits per heavy atom. The summed E-state index contributed by atoms with van der Waals surface area (Å²) in [7, 11) is -0.756. The summed E-state index contributed by atoms with van der Waals surface area (Å²) in [5.74, 6) is 0.524. The van der Waals surface area contributed by atoms with Crippen LogP contribution in [0, 0.1) is 0 Å². The number of sulfonamides is 1. The molecule has 1 N–H and O–H groups in total. The molecule has 0 heterocycles. The maximum Gasteiger partial charge on any atom is 0.243 e. The summed E-state index contributed by atoms with van der Waals surface area (Å²) in [4.78, 5) is 12.6. The predicted molar refractivity (Wildman–Crippen MR) is 99.1 cm³/mol. The van der Waals surface area contributed by atoms with Gasteiger partial charge in [0.25, 0.3) is 0 Å². The second kappa shape index (κ2) is 8.68. The Morgan fingerprint density at radius 3 is 2.35 bits per heavy atom. The molecule has 0 aliphatic heterocycles. The summed E-state index contributed by atoms with van der Waals surface area (Å²) in [5, 5.41) is 2.67. The summed E-state index contributed by atoms with van der Waals surface area (Å²) in [6.45, 7) is 1.54. The van der Waals surface area contributed by atoms with Crippen LogP contribution in [0.4, 0.5) is 5.69 Å². The van der Waals surface area contributed by atoms with Crippen molar-refractivity contribution in [3.63, 3.8) is 0 Å². The Balaban J connectivity index is 2.18. The van der Waals surface area contributed by atoms with Gasteiger partial charge in [-0.25, -0.2) is 8.42 Å². The highest BCUT2D eigenvalue weighted by Gasteiger charge is 2.25. The Labute approximate surface area is 153 Å². The quantitative estimate of drug-likeness (QED) is 0.762. The first-order chi connectivity index (χ1) is 12.4. The van der Waals surface area contributed by atoms with Gasteiger partial charge in [-0.1, -0.05) is 25.1 Å². The molecular formula is C18H22N2O5S. The first kappa shape index (κ1) is 19.7. The van der Waals surface area contributed by atoms with E-state index in [0.717, 1.165) is 4.31 Å². The van der Waals surface area contributed by atoms with Crippen LogP contribution in [0.2, 0.25) is 0 Å². The van der Waals surface area contributed by atoms with Crippen molar-refractivity contribution in [1.82, 2.24) is 4.31 Å². The highest BCUT2D eigenvalue weighted by molar-refractivity contribution is 7.89. The van der Waals surface area contributed by atoms with Gasteiger partial charge < -0.3 is 14.8 Å². The molecule has 2 aromatic carbocycles. The van der Waals surface area contributed by atoms with Gasteiger partial charge in [0, 0.05) is 12.6 Å². The Kier molecular flexibility index (Phi) is 6.59. The van der Waals surface area contributed by atoms with Crippen molar-refractivity contribution in [1.29, 1.82) is 0 Å². The molecule has 0 saturated heterocycles. The van der Waals surface area contributed by atoms with Crippen LogP contribution in [-0.4, -0.2) is 45.9 Å². The van der Waals surface area contributed by atoms with E-state index in [9.17, 15) is 13.2 Å². The molecule has 0 saturated carbocycles. The van der Waals surface area contributed by atoms with E-state index in [1.54, 1.807) is 43.3 Å². The molecule has 0 atom stereocenters. The number of hydrogen-bond acceptors (Lipinski definition) is 5. The van der Waals surface area contributed by atoms with Crippen LogP contribution in [0.3, 0.4) is 0 Å². The molecule has 7 nitrogen and oxygen atoms in total. The minimum atomic E-state index is -3.75. The van der Waals surface area contributed by atoms with Crippen LogP contribution in [0.15, 0.2) is 53.4 Å². The highest BCUT2D eigenvalue weighted by Crippen LogP contribution is 2.29. The van der Waals surface area contributed by atoms with E-state index in [4.69, 9.17) is 9.47 Å². The van der Waals surface area contributed by atoms with Gasteiger partial charge in [-0.05, 0) is 24.3 Å². The molecular weight excluding hydrogens is 356 g/mol. The van der Waals surface area contributed by atoms with Crippen molar-refractivity contribution >= 4 is 21.6 Å². The average molecular weight is 378 g/mol. The molecule has 0 bridgehead atoms. The van der Waals surface area contributed by atoms with E-state index < -0.39 is 15.9 Å². The minimum Gasteiger partial charge on any atom is -0.497 e. The normalized spacial score (nSPS) is 11.2. The van der Waals surface area contributed by atoms with Crippen LogP contribution in [0.25, 0.3) is 0 Å². The summed E-state index contributed by atoms with van der Waals surface area (Å²) >= 11 is 0. The Hall–Kier alpha value is -2.58. The van der Waals surface area contributed by atoms with Crippen molar-refractivity contribution < 1.29 is 22.7 Å². The van der Waals surface area contributed by atoms with Crippen LogP contribution in [0.5, 0.6) is 11.5 Å². The molecule has 26 heavy (non-hydrogen) atoms. The number of benzene rings is 2. The fourth-order valence-corrected chi connectivity index (χ4v) is 3.80. The van der Waals surface area contributed by atoms with E-state index in [2.05, 4.69) is 5.32 Å². The van der Waals surface area contributed by atoms with Crippen LogP contribution >= 0.6 is 0 Å². The maximum absolute atomic E-state index is 12.7. The molecule has 140 valence electrons. The number of nitrogens with zero attached hydrogens (tertiary/aromatic N) is 1. The smallest absolute Gasteiger partial charge is 0.243 e. The Morgan fingerprint density at radius 2 is 1.77 bits per heavy atom. The van der Waals surface area contributed by atoms with Gasteiger partial charge in [0.1, 0.15) is 11.5 Å². The van der Waals surface area contributed by atoms with Gasteiger partial charge >= 0.3 is 0 Å². The molecule has 0 aliphatic carbocycles. The first-order valence-corrected chi connectivity index (χ1v) is 9.43. The lowest BCUT2D eigenvalue weighted by molar-refractivity contribution is -0.116. The zero-order valence-electron chi connectivity index (χ0n) is 14.9. The monoisotopic (exact) mass is 378 g/mol. The first-order valence-electron chi connectivity index (χ1n) is 7.99. The summed E-state index contributed by atoms with van der Waals surface area (Å²) in [6, 6.07) is 13.0. The molecule has 1 amide bonds. The summed E-state index contributed by atoms with van der Waals surface area (Å²) in [6.07, 6.45) is 0. The summed E-state index contributed by atoms with van der Waals surface area (Å²) < 4.78 is 36.8. The van der Waals surface area contributed by atoms with Crippen molar-refractivity contribution in [3.8, 4) is 11.5 Å². The number of methoxy groups -OCH3 is 2. The van der Waals surface area contributed by atoms with Gasteiger partial charge in [-0.15, -0.1) is 0 Å². The van der Waals surface area contributed by atoms with Crippen molar-refractivity contribution in [3.05, 3.63) is 48.5 Å². The lowest BCUT2D eigenvalue weighted by Gasteiger charge is -2.20. The maximum atomic E-state index is 12.7. The zero-order chi connectivity index (χ0) is 19.2. The number of ether oxygens (including phenoxy) is 2. The molecule has 2 aromatic rings. The van der Waals surface area contributed by atoms with Gasteiger partial charge in [0.15, 0.2) is 0 Å². The van der Waals surface area contributed by atoms with E-state index in [0.29, 0.717) is 17.2 Å². The van der Waals surface area contributed by atoms with Gasteiger partial charge in [0.2, 0.25) is 15.9 Å². The van der Waals surface area contributed by atoms with Crippen molar-refractivity contribution in [2.45, 2.75) is 11.8 Å². The SMILES string of the molecule is CCN(CC(=O)Nc1cc(OC)ccc1OC)S(=O)(=O)c1ccccc1. The fourth-order valence-electron chi connectivity index (χ4n) is 2.37. The number of anilines is 1. The number of nitrogens with one attached hydrogen (secondary N) is 1. The number of hydrogen-bond donors (Lipinski definition) is 1. The van der Waals surface area contributed by atoms with E-state index in [1.807, 2.05) is 0 Å². The number of rotatable bonds is 8. The third kappa shape index (κ3) is 4.53. The average Bonchev–Trinajstić information content (AvgIpc) is 2.66. The molecule has 0 radical (unpaired) electrons. The van der Waals surface area contributed by atoms with Crippen molar-refractivity contribution in [2.75, 3.05) is 32.6 Å². The molecule has 8 heteroatoms. The number of carbonyl (C=O) groups is 1. The number of amides is 1. The fraction of sp³-hybridized carbons (Fsp3) is 0.278. The standard InChI is InChI=1S/C18H22N2O5S/c1-4-20(26(22,23)15-8-6-5-7-9-15)13-18(21)19-16-12-14(24-2)10-11-17(16)25-3/h5-12H,4,13H2,1-3H3,(H,19,21). The molecule has 0 fully saturated rings. The zero-order valence-corrected chi connectivity index (χ0v) is 15.7. The highest BCUT2D eigenvalue weighted by atomic mass is 32.2. The largest absolute Gasteiger partial charge is 0.497 e. The lowest BCUT2D eigenvalue weighted by atomic mass is 10.2. The van der Waals surface area contributed by atoms with Crippen molar-refractivity contribution in [2.24, 2.45) is 0 Å². The van der Waals surface area contributed by atoms with E-state index in [-0.39, 0.29) is 18.0 Å². The van der Waals surface area contributed by atoms with Gasteiger partial charge in [-0.2, -0.15) is 4.31 Å². The second-order valence-electron chi connectivity index (χ2n) is 5.36. The Bertz CT molecular complexity index is 853. The minimum absolute atomic E-state index is 0.147. The molecule has 0 unspecified atom stereocenters. The van der Waals surface area contributed by atoms with Crippen LogP contribution in [-0.2, 0) is 14.8 Å². The van der Waals surface area contributed by atoms with Gasteiger partial charge in [-0.3, -0.25) is 4.79 Å².